The van der Waals surface area contributed by atoms with E-state index in [0.717, 1.165) is 10.9 Å². The summed E-state index contributed by atoms with van der Waals surface area (Å²) in [5.74, 6) is 0.751. The monoisotopic (exact) mass is 350 g/mol. The van der Waals surface area contributed by atoms with Crippen molar-refractivity contribution in [3.8, 4) is 11.5 Å². The number of nitrogens with one attached hydrogen (secondary N) is 1. The third-order valence-electron chi connectivity index (χ3n) is 2.80. The molecule has 0 saturated carbocycles. The first-order valence-corrected chi connectivity index (χ1v) is 7.36. The summed E-state index contributed by atoms with van der Waals surface area (Å²) in [6.07, 6.45) is 0.881. The van der Waals surface area contributed by atoms with Gasteiger partial charge in [-0.15, -0.1) is 0 Å². The Kier molecular flexibility index (Phi) is 5.16. The van der Waals surface area contributed by atoms with Gasteiger partial charge < -0.3 is 10.1 Å². The molecule has 0 atom stereocenters. The minimum Gasteiger partial charge on any atom is -0.449 e. The second-order valence-electron chi connectivity index (χ2n) is 4.37. The van der Waals surface area contributed by atoms with E-state index in [-0.39, 0.29) is 11.4 Å². The predicted molar refractivity (Wildman–Crippen MR) is 86.1 cm³/mol. The first-order chi connectivity index (χ1) is 10.1. The summed E-state index contributed by atoms with van der Waals surface area (Å²) in [5, 5.41) is 14.4. The summed E-state index contributed by atoms with van der Waals surface area (Å²) in [7, 11) is 0. The van der Waals surface area contributed by atoms with Crippen molar-refractivity contribution in [1.29, 1.82) is 0 Å². The Morgan fingerprint density at radius 2 is 1.90 bits per heavy atom. The average molecular weight is 351 g/mol. The molecule has 1 N–H and O–H groups in total. The number of rotatable bonds is 6. The second-order valence-corrected chi connectivity index (χ2v) is 5.22. The summed E-state index contributed by atoms with van der Waals surface area (Å²) >= 11 is 3.37. The number of nitrogens with zero attached hydrogens (tertiary/aromatic N) is 1. The summed E-state index contributed by atoms with van der Waals surface area (Å²) in [6, 6.07) is 12.2. The molecule has 0 saturated heterocycles. The first kappa shape index (κ1) is 15.3. The van der Waals surface area contributed by atoms with Gasteiger partial charge in [0.25, 0.3) is 0 Å². The topological polar surface area (TPSA) is 64.4 Å². The van der Waals surface area contributed by atoms with E-state index < -0.39 is 4.92 Å². The van der Waals surface area contributed by atoms with Crippen molar-refractivity contribution in [2.45, 2.75) is 13.3 Å². The molecule has 0 amide bonds. The number of anilines is 1. The van der Waals surface area contributed by atoms with Gasteiger partial charge in [0.2, 0.25) is 5.75 Å². The van der Waals surface area contributed by atoms with Gasteiger partial charge >= 0.3 is 5.69 Å². The van der Waals surface area contributed by atoms with Crippen LogP contribution in [0.2, 0.25) is 0 Å². The fourth-order valence-corrected chi connectivity index (χ4v) is 2.21. The van der Waals surface area contributed by atoms with E-state index in [1.807, 2.05) is 25.1 Å². The van der Waals surface area contributed by atoms with E-state index in [9.17, 15) is 10.1 Å². The van der Waals surface area contributed by atoms with Crippen LogP contribution in [0.4, 0.5) is 11.4 Å². The molecule has 0 fully saturated rings. The van der Waals surface area contributed by atoms with Gasteiger partial charge in [0.05, 0.1) is 9.40 Å². The van der Waals surface area contributed by atoms with Gasteiger partial charge in [0, 0.05) is 6.54 Å². The molecule has 0 radical (unpaired) electrons. The lowest BCUT2D eigenvalue weighted by atomic mass is 10.2. The van der Waals surface area contributed by atoms with Crippen molar-refractivity contribution in [2.24, 2.45) is 0 Å². The highest BCUT2D eigenvalue weighted by Gasteiger charge is 2.21. The van der Waals surface area contributed by atoms with Gasteiger partial charge in [0.15, 0.2) is 0 Å². The molecule has 0 bridgehead atoms. The molecule has 5 nitrogen and oxygen atoms in total. The van der Waals surface area contributed by atoms with E-state index >= 15 is 0 Å². The SMILES string of the molecule is CCCNc1cccc(Oc2ccccc2Br)c1[N+](=O)[O-]. The number of halogens is 1. The Morgan fingerprint density at radius 3 is 2.57 bits per heavy atom. The molecule has 0 aliphatic carbocycles. The smallest absolute Gasteiger partial charge is 0.334 e. The van der Waals surface area contributed by atoms with Crippen LogP contribution in [-0.4, -0.2) is 11.5 Å². The zero-order chi connectivity index (χ0) is 15.2. The zero-order valence-corrected chi connectivity index (χ0v) is 13.1. The van der Waals surface area contributed by atoms with Gasteiger partial charge in [-0.1, -0.05) is 25.1 Å². The van der Waals surface area contributed by atoms with Crippen molar-refractivity contribution in [3.63, 3.8) is 0 Å². The van der Waals surface area contributed by atoms with Crippen molar-refractivity contribution in [2.75, 3.05) is 11.9 Å². The number of hydrogen-bond donors (Lipinski definition) is 1. The molecular weight excluding hydrogens is 336 g/mol. The van der Waals surface area contributed by atoms with Crippen LogP contribution in [0.5, 0.6) is 11.5 Å². The summed E-state index contributed by atoms with van der Waals surface area (Å²) in [4.78, 5) is 10.9. The molecule has 110 valence electrons. The number of para-hydroxylation sites is 2. The number of hydrogen-bond acceptors (Lipinski definition) is 4. The minimum atomic E-state index is -0.426. The van der Waals surface area contributed by atoms with Crippen LogP contribution in [0.1, 0.15) is 13.3 Å². The van der Waals surface area contributed by atoms with Crippen LogP contribution in [0.3, 0.4) is 0 Å². The largest absolute Gasteiger partial charge is 0.449 e. The highest BCUT2D eigenvalue weighted by molar-refractivity contribution is 9.10. The Bertz CT molecular complexity index is 647. The minimum absolute atomic E-state index is 0.0540. The van der Waals surface area contributed by atoms with Crippen molar-refractivity contribution in [3.05, 3.63) is 57.1 Å². The number of nitro groups is 1. The van der Waals surface area contributed by atoms with Crippen molar-refractivity contribution in [1.82, 2.24) is 0 Å². The van der Waals surface area contributed by atoms with Gasteiger partial charge in [-0.3, -0.25) is 10.1 Å². The van der Waals surface area contributed by atoms with Gasteiger partial charge in [-0.2, -0.15) is 0 Å². The molecular formula is C15H15BrN2O3. The molecule has 0 heterocycles. The van der Waals surface area contributed by atoms with Gasteiger partial charge in [-0.05, 0) is 46.6 Å². The molecule has 2 aromatic carbocycles. The molecule has 0 spiro atoms. The van der Waals surface area contributed by atoms with E-state index in [2.05, 4.69) is 21.2 Å². The Morgan fingerprint density at radius 1 is 1.19 bits per heavy atom. The molecule has 0 aromatic heterocycles. The van der Waals surface area contributed by atoms with Crippen LogP contribution in [-0.2, 0) is 0 Å². The van der Waals surface area contributed by atoms with Crippen LogP contribution in [0.15, 0.2) is 46.9 Å². The normalized spacial score (nSPS) is 10.2. The first-order valence-electron chi connectivity index (χ1n) is 6.57. The van der Waals surface area contributed by atoms with Gasteiger partial charge in [0.1, 0.15) is 11.4 Å². The van der Waals surface area contributed by atoms with Crippen LogP contribution >= 0.6 is 15.9 Å². The predicted octanol–water partition coefficient (Wildman–Crippen LogP) is 4.97. The highest BCUT2D eigenvalue weighted by atomic mass is 79.9. The fraction of sp³-hybridized carbons (Fsp3) is 0.200. The van der Waals surface area contributed by atoms with Crippen LogP contribution in [0, 0.1) is 10.1 Å². The van der Waals surface area contributed by atoms with Crippen molar-refractivity contribution >= 4 is 27.3 Å². The molecule has 0 aliphatic heterocycles. The Hall–Kier alpha value is -2.08. The maximum Gasteiger partial charge on any atom is 0.334 e. The van der Waals surface area contributed by atoms with Crippen LogP contribution in [0.25, 0.3) is 0 Å². The molecule has 2 aromatic rings. The van der Waals surface area contributed by atoms with E-state index in [1.165, 1.54) is 0 Å². The third-order valence-corrected chi connectivity index (χ3v) is 3.46. The summed E-state index contributed by atoms with van der Waals surface area (Å²) in [5.41, 5.74) is 0.410. The molecule has 0 aliphatic rings. The maximum absolute atomic E-state index is 11.4. The maximum atomic E-state index is 11.4. The molecule has 0 unspecified atom stereocenters. The summed E-state index contributed by atoms with van der Waals surface area (Å²) in [6.45, 7) is 2.67. The Labute approximate surface area is 131 Å². The zero-order valence-electron chi connectivity index (χ0n) is 11.5. The lowest BCUT2D eigenvalue weighted by Crippen LogP contribution is -2.04. The van der Waals surface area contributed by atoms with Crippen LogP contribution < -0.4 is 10.1 Å². The lowest BCUT2D eigenvalue weighted by Gasteiger charge is -2.11. The van der Waals surface area contributed by atoms with Crippen molar-refractivity contribution < 1.29 is 9.66 Å². The number of benzene rings is 2. The highest BCUT2D eigenvalue weighted by Crippen LogP contribution is 2.39. The number of nitro benzene ring substituents is 1. The lowest BCUT2D eigenvalue weighted by molar-refractivity contribution is -0.384. The second kappa shape index (κ2) is 7.08. The van der Waals surface area contributed by atoms with E-state index in [4.69, 9.17) is 4.74 Å². The fourth-order valence-electron chi connectivity index (χ4n) is 1.84. The van der Waals surface area contributed by atoms with E-state index in [0.29, 0.717) is 18.0 Å². The molecule has 2 rings (SSSR count). The molecule has 6 heteroatoms. The molecule has 21 heavy (non-hydrogen) atoms. The van der Waals surface area contributed by atoms with Gasteiger partial charge in [-0.25, -0.2) is 0 Å². The van der Waals surface area contributed by atoms with E-state index in [1.54, 1.807) is 24.3 Å². The summed E-state index contributed by atoms with van der Waals surface area (Å²) < 4.78 is 6.44. The standard InChI is InChI=1S/C15H15BrN2O3/c1-2-10-17-12-7-5-9-14(15(12)18(19)20)21-13-8-4-3-6-11(13)16/h3-9,17H,2,10H2,1H3. The quantitative estimate of drug-likeness (QED) is 0.589. The Balaban J connectivity index is 2.39. The number of ether oxygens (including phenoxy) is 1. The third kappa shape index (κ3) is 3.72. The average Bonchev–Trinajstić information content (AvgIpc) is 2.47.